The molecule has 1 aromatic carbocycles. The zero-order valence-electron chi connectivity index (χ0n) is 10.9. The summed E-state index contributed by atoms with van der Waals surface area (Å²) in [5.41, 5.74) is 6.36. The molecule has 0 saturated carbocycles. The first-order valence-electron chi connectivity index (χ1n) is 6.52. The van der Waals surface area contributed by atoms with Crippen LogP contribution in [0.5, 0.6) is 0 Å². The summed E-state index contributed by atoms with van der Waals surface area (Å²) in [5, 5.41) is 0.0312. The molecule has 2 N–H and O–H groups in total. The number of piperidine rings is 1. The van der Waals surface area contributed by atoms with Gasteiger partial charge >= 0.3 is 0 Å². The number of halogens is 2. The predicted octanol–water partition coefficient (Wildman–Crippen LogP) is 2.68. The minimum Gasteiger partial charge on any atom is -0.338 e. The van der Waals surface area contributed by atoms with E-state index < -0.39 is 5.82 Å². The molecule has 0 spiro atoms. The number of hydrogen-bond donors (Lipinski definition) is 1. The summed E-state index contributed by atoms with van der Waals surface area (Å²) in [5.74, 6) is -0.399. The van der Waals surface area contributed by atoms with Crippen molar-refractivity contribution >= 4 is 17.5 Å². The quantitative estimate of drug-likeness (QED) is 0.907. The molecule has 3 nitrogen and oxygen atoms in total. The van der Waals surface area contributed by atoms with E-state index in [-0.39, 0.29) is 17.0 Å². The van der Waals surface area contributed by atoms with Crippen molar-refractivity contribution in [2.45, 2.75) is 25.8 Å². The van der Waals surface area contributed by atoms with Gasteiger partial charge in [0.15, 0.2) is 0 Å². The molecule has 0 aliphatic carbocycles. The molecule has 1 amide bonds. The highest BCUT2D eigenvalue weighted by Crippen LogP contribution is 2.22. The van der Waals surface area contributed by atoms with Gasteiger partial charge in [0.2, 0.25) is 0 Å². The van der Waals surface area contributed by atoms with Crippen LogP contribution in [-0.4, -0.2) is 29.9 Å². The van der Waals surface area contributed by atoms with Crippen LogP contribution in [0.4, 0.5) is 4.39 Å². The van der Waals surface area contributed by atoms with Gasteiger partial charge in [-0.2, -0.15) is 0 Å². The van der Waals surface area contributed by atoms with Crippen molar-refractivity contribution < 1.29 is 9.18 Å². The van der Waals surface area contributed by atoms with E-state index in [9.17, 15) is 9.18 Å². The Bertz CT molecular complexity index is 481. The molecule has 0 radical (unpaired) electrons. The number of amides is 1. The van der Waals surface area contributed by atoms with Crippen molar-refractivity contribution in [1.82, 2.24) is 4.90 Å². The Labute approximate surface area is 117 Å². The summed E-state index contributed by atoms with van der Waals surface area (Å²) in [6, 6.07) is 4.32. The van der Waals surface area contributed by atoms with Crippen LogP contribution in [0.15, 0.2) is 18.2 Å². The highest BCUT2D eigenvalue weighted by atomic mass is 35.5. The van der Waals surface area contributed by atoms with Crippen molar-refractivity contribution in [3.05, 3.63) is 34.6 Å². The van der Waals surface area contributed by atoms with Crippen molar-refractivity contribution in [1.29, 1.82) is 0 Å². The van der Waals surface area contributed by atoms with Crippen LogP contribution in [0.1, 0.15) is 30.1 Å². The van der Waals surface area contributed by atoms with Crippen molar-refractivity contribution in [3.63, 3.8) is 0 Å². The maximum absolute atomic E-state index is 13.4. The van der Waals surface area contributed by atoms with Crippen LogP contribution < -0.4 is 5.73 Å². The standard InChI is InChI=1S/C14H18ClFN2O/c1-2-9-8-18(6-5-13(9)17)14(19)10-3-4-11(15)12(16)7-10/h3-4,7,9,13H,2,5-6,8,17H2,1H3. The molecule has 2 atom stereocenters. The zero-order valence-corrected chi connectivity index (χ0v) is 11.7. The number of rotatable bonds is 2. The van der Waals surface area contributed by atoms with Gasteiger partial charge in [-0.05, 0) is 30.5 Å². The van der Waals surface area contributed by atoms with Crippen molar-refractivity contribution in [3.8, 4) is 0 Å². The lowest BCUT2D eigenvalue weighted by atomic mass is 9.90. The smallest absolute Gasteiger partial charge is 0.253 e. The number of likely N-dealkylation sites (tertiary alicyclic amines) is 1. The lowest BCUT2D eigenvalue weighted by molar-refractivity contribution is 0.0648. The molecular weight excluding hydrogens is 267 g/mol. The van der Waals surface area contributed by atoms with Crippen molar-refractivity contribution in [2.24, 2.45) is 11.7 Å². The van der Waals surface area contributed by atoms with E-state index in [0.717, 1.165) is 12.8 Å². The Balaban J connectivity index is 2.13. The molecule has 104 valence electrons. The van der Waals surface area contributed by atoms with Crippen molar-refractivity contribution in [2.75, 3.05) is 13.1 Å². The molecule has 2 rings (SSSR count). The molecule has 0 aromatic heterocycles. The van der Waals surface area contributed by atoms with E-state index in [2.05, 4.69) is 6.92 Å². The van der Waals surface area contributed by atoms with Gasteiger partial charge in [-0.3, -0.25) is 4.79 Å². The first-order valence-corrected chi connectivity index (χ1v) is 6.90. The van der Waals surface area contributed by atoms with Gasteiger partial charge in [-0.25, -0.2) is 4.39 Å². The molecule has 19 heavy (non-hydrogen) atoms. The fourth-order valence-corrected chi connectivity index (χ4v) is 2.60. The molecular formula is C14H18ClFN2O. The second kappa shape index (κ2) is 5.88. The van der Waals surface area contributed by atoms with E-state index in [0.29, 0.717) is 24.6 Å². The highest BCUT2D eigenvalue weighted by molar-refractivity contribution is 6.30. The number of nitrogens with zero attached hydrogens (tertiary/aromatic N) is 1. The second-order valence-corrected chi connectivity index (χ2v) is 5.41. The number of hydrogen-bond acceptors (Lipinski definition) is 2. The summed E-state index contributed by atoms with van der Waals surface area (Å²) < 4.78 is 13.4. The zero-order chi connectivity index (χ0) is 14.0. The van der Waals surface area contributed by atoms with Crippen LogP contribution in [0.3, 0.4) is 0 Å². The molecule has 5 heteroatoms. The second-order valence-electron chi connectivity index (χ2n) is 5.00. The lowest BCUT2D eigenvalue weighted by Gasteiger charge is -2.36. The van der Waals surface area contributed by atoms with Gasteiger partial charge in [0, 0.05) is 24.7 Å². The third-order valence-electron chi connectivity index (χ3n) is 3.77. The Hall–Kier alpha value is -1.13. The monoisotopic (exact) mass is 284 g/mol. The SMILES string of the molecule is CCC1CN(C(=O)c2ccc(Cl)c(F)c2)CCC1N. The van der Waals surface area contributed by atoms with Gasteiger partial charge in [-0.15, -0.1) is 0 Å². The van der Waals surface area contributed by atoms with E-state index in [4.69, 9.17) is 17.3 Å². The Morgan fingerprint density at radius 3 is 2.95 bits per heavy atom. The number of carbonyl (C=O) groups excluding carboxylic acids is 1. The topological polar surface area (TPSA) is 46.3 Å². The molecule has 2 unspecified atom stereocenters. The van der Waals surface area contributed by atoms with E-state index in [1.807, 2.05) is 0 Å². The minimum atomic E-state index is -0.562. The summed E-state index contributed by atoms with van der Waals surface area (Å²) in [6.45, 7) is 3.34. The molecule has 1 aliphatic heterocycles. The number of benzene rings is 1. The molecule has 1 aliphatic rings. The van der Waals surface area contributed by atoms with Crippen LogP contribution >= 0.6 is 11.6 Å². The van der Waals surface area contributed by atoms with E-state index in [1.165, 1.54) is 12.1 Å². The Morgan fingerprint density at radius 2 is 2.32 bits per heavy atom. The van der Waals surface area contributed by atoms with Gasteiger partial charge in [-0.1, -0.05) is 24.9 Å². The number of carbonyl (C=O) groups is 1. The average molecular weight is 285 g/mol. The van der Waals surface area contributed by atoms with Gasteiger partial charge in [0.25, 0.3) is 5.91 Å². The third kappa shape index (κ3) is 3.07. The Kier molecular flexibility index (Phi) is 4.42. The summed E-state index contributed by atoms with van der Waals surface area (Å²) in [6.07, 6.45) is 1.74. The third-order valence-corrected chi connectivity index (χ3v) is 4.08. The molecule has 1 fully saturated rings. The Morgan fingerprint density at radius 1 is 1.58 bits per heavy atom. The first kappa shape index (κ1) is 14.3. The fraction of sp³-hybridized carbons (Fsp3) is 0.500. The van der Waals surface area contributed by atoms with Crippen LogP contribution in [0.2, 0.25) is 5.02 Å². The summed E-state index contributed by atoms with van der Waals surface area (Å²) in [4.78, 5) is 14.1. The van der Waals surface area contributed by atoms with E-state index in [1.54, 1.807) is 11.0 Å². The van der Waals surface area contributed by atoms with E-state index >= 15 is 0 Å². The molecule has 0 bridgehead atoms. The minimum absolute atomic E-state index is 0.0312. The summed E-state index contributed by atoms with van der Waals surface area (Å²) >= 11 is 5.62. The van der Waals surface area contributed by atoms with Gasteiger partial charge < -0.3 is 10.6 Å². The van der Waals surface area contributed by atoms with Crippen LogP contribution in [0.25, 0.3) is 0 Å². The predicted molar refractivity (Wildman–Crippen MR) is 73.7 cm³/mol. The first-order chi connectivity index (χ1) is 9.02. The molecule has 1 saturated heterocycles. The highest BCUT2D eigenvalue weighted by Gasteiger charge is 2.28. The summed E-state index contributed by atoms with van der Waals surface area (Å²) in [7, 11) is 0. The van der Waals surface area contributed by atoms with Crippen LogP contribution in [0, 0.1) is 11.7 Å². The largest absolute Gasteiger partial charge is 0.338 e. The maximum atomic E-state index is 13.4. The normalized spacial score (nSPS) is 23.5. The fourth-order valence-electron chi connectivity index (χ4n) is 2.48. The molecule has 1 aromatic rings. The number of nitrogens with two attached hydrogens (primary N) is 1. The molecule has 1 heterocycles. The van der Waals surface area contributed by atoms with Gasteiger partial charge in [0.05, 0.1) is 5.02 Å². The van der Waals surface area contributed by atoms with Crippen LogP contribution in [-0.2, 0) is 0 Å². The lowest BCUT2D eigenvalue weighted by Crippen LogP contribution is -2.49. The average Bonchev–Trinajstić information content (AvgIpc) is 2.41. The maximum Gasteiger partial charge on any atom is 0.253 e. The van der Waals surface area contributed by atoms with Gasteiger partial charge in [0.1, 0.15) is 5.82 Å².